The second kappa shape index (κ2) is 6.03. The minimum atomic E-state index is -0.435. The number of carbonyl (C=O) groups is 1. The summed E-state index contributed by atoms with van der Waals surface area (Å²) < 4.78 is 12.2. The Balaban J connectivity index is 1.85. The Morgan fingerprint density at radius 1 is 1.25 bits per heavy atom. The van der Waals surface area contributed by atoms with Crippen molar-refractivity contribution in [2.45, 2.75) is 51.7 Å². The number of hydrogen-bond acceptors (Lipinski definition) is 4. The number of aryl methyl sites for hydroxylation is 1. The smallest absolute Gasteiger partial charge is 0.400 e. The van der Waals surface area contributed by atoms with E-state index in [2.05, 4.69) is 11.4 Å². The van der Waals surface area contributed by atoms with Crippen molar-refractivity contribution in [2.75, 3.05) is 11.9 Å². The SMILES string of the molecule is CC1(C)OB(C(=Cc2ccc3c(c2)CCC(=O)N3)CN)OC1(C)C. The van der Waals surface area contributed by atoms with Gasteiger partial charge in [-0.1, -0.05) is 12.1 Å². The predicted molar refractivity (Wildman–Crippen MR) is 96.5 cm³/mol. The Hall–Kier alpha value is -1.63. The molecular weight excluding hydrogens is 303 g/mol. The van der Waals surface area contributed by atoms with Gasteiger partial charge in [-0.2, -0.15) is 0 Å². The molecule has 0 spiro atoms. The second-order valence-corrected chi connectivity index (χ2v) is 7.48. The van der Waals surface area contributed by atoms with Gasteiger partial charge in [0.15, 0.2) is 0 Å². The fourth-order valence-electron chi connectivity index (χ4n) is 2.92. The van der Waals surface area contributed by atoms with E-state index in [1.54, 1.807) is 0 Å². The molecule has 0 radical (unpaired) electrons. The minimum absolute atomic E-state index is 0.0747. The molecule has 3 rings (SSSR count). The van der Waals surface area contributed by atoms with Crippen LogP contribution in [-0.2, 0) is 20.5 Å². The van der Waals surface area contributed by atoms with Crippen LogP contribution in [0.25, 0.3) is 6.08 Å². The molecule has 1 amide bonds. The minimum Gasteiger partial charge on any atom is -0.400 e. The molecule has 2 aliphatic heterocycles. The third-order valence-corrected chi connectivity index (χ3v) is 5.17. The van der Waals surface area contributed by atoms with Gasteiger partial charge < -0.3 is 20.4 Å². The van der Waals surface area contributed by atoms with E-state index in [-0.39, 0.29) is 17.1 Å². The lowest BCUT2D eigenvalue weighted by Gasteiger charge is -2.32. The van der Waals surface area contributed by atoms with Crippen LogP contribution in [0.3, 0.4) is 0 Å². The molecule has 1 fully saturated rings. The number of fused-ring (bicyclic) bond motifs is 1. The molecule has 0 unspecified atom stereocenters. The molecule has 1 aromatic rings. The number of carbonyl (C=O) groups excluding carboxylic acids is 1. The van der Waals surface area contributed by atoms with E-state index in [1.807, 2.05) is 45.9 Å². The number of anilines is 1. The molecule has 3 N–H and O–H groups in total. The van der Waals surface area contributed by atoms with Gasteiger partial charge in [-0.15, -0.1) is 0 Å². The number of amides is 1. The molecule has 1 saturated heterocycles. The lowest BCUT2D eigenvalue weighted by Crippen LogP contribution is -2.41. The van der Waals surface area contributed by atoms with Gasteiger partial charge in [0.05, 0.1) is 11.2 Å². The summed E-state index contributed by atoms with van der Waals surface area (Å²) in [6, 6.07) is 6.01. The number of hydrogen-bond donors (Lipinski definition) is 2. The summed E-state index contributed by atoms with van der Waals surface area (Å²) in [7, 11) is -0.435. The summed E-state index contributed by atoms with van der Waals surface area (Å²) >= 11 is 0. The van der Waals surface area contributed by atoms with E-state index >= 15 is 0 Å². The van der Waals surface area contributed by atoms with Crippen LogP contribution in [0.2, 0.25) is 0 Å². The highest BCUT2D eigenvalue weighted by atomic mass is 16.7. The highest BCUT2D eigenvalue weighted by molar-refractivity contribution is 6.55. The van der Waals surface area contributed by atoms with Crippen molar-refractivity contribution in [1.29, 1.82) is 0 Å². The fourth-order valence-corrected chi connectivity index (χ4v) is 2.92. The van der Waals surface area contributed by atoms with Crippen LogP contribution < -0.4 is 11.1 Å². The fraction of sp³-hybridized carbons (Fsp3) is 0.500. The average molecular weight is 328 g/mol. The quantitative estimate of drug-likeness (QED) is 0.837. The maximum Gasteiger partial charge on any atom is 0.491 e. The van der Waals surface area contributed by atoms with Gasteiger partial charge in [-0.25, -0.2) is 0 Å². The zero-order chi connectivity index (χ0) is 17.5. The highest BCUT2D eigenvalue weighted by Gasteiger charge is 2.52. The van der Waals surface area contributed by atoms with E-state index in [0.717, 1.165) is 28.7 Å². The van der Waals surface area contributed by atoms with Crippen LogP contribution >= 0.6 is 0 Å². The molecule has 2 aliphatic rings. The lowest BCUT2D eigenvalue weighted by atomic mass is 9.77. The Morgan fingerprint density at radius 3 is 2.54 bits per heavy atom. The third-order valence-electron chi connectivity index (χ3n) is 5.17. The Morgan fingerprint density at radius 2 is 1.92 bits per heavy atom. The van der Waals surface area contributed by atoms with Gasteiger partial charge in [-0.05, 0) is 62.8 Å². The molecule has 128 valence electrons. The van der Waals surface area contributed by atoms with Gasteiger partial charge in [0.25, 0.3) is 0 Å². The van der Waals surface area contributed by atoms with E-state index < -0.39 is 7.12 Å². The largest absolute Gasteiger partial charge is 0.491 e. The summed E-state index contributed by atoms with van der Waals surface area (Å²) in [5, 5.41) is 2.90. The van der Waals surface area contributed by atoms with Gasteiger partial charge in [-0.3, -0.25) is 4.79 Å². The first-order valence-corrected chi connectivity index (χ1v) is 8.41. The summed E-state index contributed by atoms with van der Waals surface area (Å²) in [5.74, 6) is 0.0747. The van der Waals surface area contributed by atoms with Crippen molar-refractivity contribution < 1.29 is 14.1 Å². The van der Waals surface area contributed by atoms with Crippen molar-refractivity contribution >= 4 is 24.8 Å². The lowest BCUT2D eigenvalue weighted by molar-refractivity contribution is -0.116. The molecule has 2 heterocycles. The van der Waals surface area contributed by atoms with Gasteiger partial charge >= 0.3 is 7.12 Å². The molecule has 0 aliphatic carbocycles. The predicted octanol–water partition coefficient (Wildman–Crippen LogP) is 2.54. The van der Waals surface area contributed by atoms with Crippen LogP contribution in [0.15, 0.2) is 23.7 Å². The van der Waals surface area contributed by atoms with Crippen molar-refractivity contribution in [3.8, 4) is 0 Å². The molecule has 0 saturated carbocycles. The van der Waals surface area contributed by atoms with Crippen molar-refractivity contribution in [2.24, 2.45) is 5.73 Å². The van der Waals surface area contributed by atoms with Crippen LogP contribution in [0, 0.1) is 0 Å². The Labute approximate surface area is 143 Å². The zero-order valence-electron chi connectivity index (χ0n) is 14.8. The molecule has 0 atom stereocenters. The average Bonchev–Trinajstić information content (AvgIpc) is 2.73. The van der Waals surface area contributed by atoms with Crippen molar-refractivity contribution in [3.05, 3.63) is 34.8 Å². The van der Waals surface area contributed by atoms with Crippen LogP contribution in [0.1, 0.15) is 45.2 Å². The van der Waals surface area contributed by atoms with Crippen LogP contribution in [0.4, 0.5) is 5.69 Å². The van der Waals surface area contributed by atoms with Crippen molar-refractivity contribution in [1.82, 2.24) is 0 Å². The maximum absolute atomic E-state index is 11.5. The van der Waals surface area contributed by atoms with E-state index in [0.29, 0.717) is 13.0 Å². The third kappa shape index (κ3) is 3.14. The highest BCUT2D eigenvalue weighted by Crippen LogP contribution is 2.38. The number of nitrogens with one attached hydrogen (secondary N) is 1. The standard InChI is InChI=1S/C18H25BN2O3/c1-17(2)18(3,4)24-19(23-17)14(11-20)10-12-5-7-15-13(9-12)6-8-16(22)21-15/h5,7,9-10H,6,8,11,20H2,1-4H3,(H,21,22). The normalized spacial score (nSPS) is 22.3. The van der Waals surface area contributed by atoms with E-state index in [9.17, 15) is 4.79 Å². The summed E-state index contributed by atoms with van der Waals surface area (Å²) in [6.45, 7) is 8.49. The first-order valence-electron chi connectivity index (χ1n) is 8.41. The number of nitrogens with two attached hydrogens (primary N) is 1. The first kappa shape index (κ1) is 17.2. The van der Waals surface area contributed by atoms with E-state index in [4.69, 9.17) is 15.0 Å². The molecule has 5 nitrogen and oxygen atoms in total. The zero-order valence-corrected chi connectivity index (χ0v) is 14.8. The summed E-state index contributed by atoms with van der Waals surface area (Å²) in [6.07, 6.45) is 3.32. The number of rotatable bonds is 3. The van der Waals surface area contributed by atoms with Gasteiger partial charge in [0, 0.05) is 18.7 Å². The summed E-state index contributed by atoms with van der Waals surface area (Å²) in [4.78, 5) is 11.5. The number of benzene rings is 1. The Kier molecular flexibility index (Phi) is 4.32. The molecule has 0 aromatic heterocycles. The maximum atomic E-state index is 11.5. The molecular formula is C18H25BN2O3. The monoisotopic (exact) mass is 328 g/mol. The first-order chi connectivity index (χ1) is 11.2. The molecule has 0 bridgehead atoms. The van der Waals surface area contributed by atoms with Crippen LogP contribution in [0.5, 0.6) is 0 Å². The molecule has 6 heteroatoms. The second-order valence-electron chi connectivity index (χ2n) is 7.48. The van der Waals surface area contributed by atoms with Crippen LogP contribution in [-0.4, -0.2) is 30.8 Å². The van der Waals surface area contributed by atoms with Crippen molar-refractivity contribution in [3.63, 3.8) is 0 Å². The van der Waals surface area contributed by atoms with E-state index in [1.165, 1.54) is 0 Å². The topological polar surface area (TPSA) is 73.6 Å². The molecule has 24 heavy (non-hydrogen) atoms. The van der Waals surface area contributed by atoms with Gasteiger partial charge in [0.2, 0.25) is 5.91 Å². The van der Waals surface area contributed by atoms with Gasteiger partial charge in [0.1, 0.15) is 0 Å². The Bertz CT molecular complexity index is 682. The molecule has 1 aromatic carbocycles. The summed E-state index contributed by atoms with van der Waals surface area (Å²) in [5.41, 5.74) is 9.18.